The summed E-state index contributed by atoms with van der Waals surface area (Å²) in [4.78, 5) is 37.4. The molecule has 2 fully saturated rings. The van der Waals surface area contributed by atoms with Gasteiger partial charge in [-0.05, 0) is 56.7 Å². The molecule has 4 heterocycles. The van der Waals surface area contributed by atoms with Gasteiger partial charge < -0.3 is 24.2 Å². The molecule has 2 aliphatic rings. The molecule has 1 aromatic carbocycles. The predicted molar refractivity (Wildman–Crippen MR) is 161 cm³/mol. The second-order valence-electron chi connectivity index (χ2n) is 13.6. The summed E-state index contributed by atoms with van der Waals surface area (Å²) in [5.41, 5.74) is 0.221. The Morgan fingerprint density at radius 1 is 1.09 bits per heavy atom. The standard InChI is InChI=1S/C33H43N5O5/c1-21(2)23-10-12-26(13-11-23)33(41,32(7)19-38(20-32)30(40)42-31(4,5)6)27-15-25(16-34-17-27)28-35-29(43-36-28)24-9-8-14-37(18-24)22(3)39/h10-13,15-17,21,24,41H,8-9,14,18-20H2,1-7H3. The van der Waals surface area contributed by atoms with Crippen molar-refractivity contribution in [1.82, 2.24) is 24.9 Å². The number of hydrogen-bond donors (Lipinski definition) is 1. The monoisotopic (exact) mass is 589 g/mol. The minimum atomic E-state index is -1.48. The van der Waals surface area contributed by atoms with Crippen molar-refractivity contribution in [2.75, 3.05) is 26.2 Å². The molecule has 10 heteroatoms. The van der Waals surface area contributed by atoms with Crippen molar-refractivity contribution < 1.29 is 24.0 Å². The zero-order chi connectivity index (χ0) is 31.2. The first-order chi connectivity index (χ1) is 20.2. The Morgan fingerprint density at radius 2 is 1.79 bits per heavy atom. The predicted octanol–water partition coefficient (Wildman–Crippen LogP) is 5.47. The van der Waals surface area contributed by atoms with Crippen LogP contribution in [0, 0.1) is 5.41 Å². The zero-order valence-corrected chi connectivity index (χ0v) is 26.3. The number of aromatic nitrogens is 3. The smallest absolute Gasteiger partial charge is 0.410 e. The second-order valence-corrected chi connectivity index (χ2v) is 13.6. The molecule has 3 aromatic rings. The number of piperidine rings is 1. The van der Waals surface area contributed by atoms with E-state index < -0.39 is 22.7 Å². The third-order valence-corrected chi connectivity index (χ3v) is 8.67. The Kier molecular flexibility index (Phi) is 8.11. The average Bonchev–Trinajstić information content (AvgIpc) is 3.45. The van der Waals surface area contributed by atoms with Crippen molar-refractivity contribution in [3.05, 3.63) is 65.3 Å². The number of benzene rings is 1. The van der Waals surface area contributed by atoms with Gasteiger partial charge in [0.1, 0.15) is 11.2 Å². The number of carbonyl (C=O) groups is 2. The summed E-state index contributed by atoms with van der Waals surface area (Å²) < 4.78 is 11.3. The Balaban J connectivity index is 1.48. The Labute approximate surface area is 253 Å². The SMILES string of the molecule is CC(=O)N1CCCC(c2nc(-c3cncc(C(O)(c4ccc(C(C)C)cc4)C4(C)CN(C(=O)OC(C)(C)C)C4)c3)no2)C1. The third-order valence-electron chi connectivity index (χ3n) is 8.67. The number of pyridine rings is 1. The Morgan fingerprint density at radius 3 is 2.42 bits per heavy atom. The van der Waals surface area contributed by atoms with Crippen molar-refractivity contribution in [2.45, 2.75) is 84.3 Å². The Bertz CT molecular complexity index is 1470. The largest absolute Gasteiger partial charge is 0.444 e. The molecule has 2 unspecified atom stereocenters. The van der Waals surface area contributed by atoms with E-state index in [-0.39, 0.29) is 11.8 Å². The van der Waals surface area contributed by atoms with Gasteiger partial charge in [-0.3, -0.25) is 9.78 Å². The maximum Gasteiger partial charge on any atom is 0.410 e. The van der Waals surface area contributed by atoms with Crippen LogP contribution in [0.5, 0.6) is 0 Å². The van der Waals surface area contributed by atoms with Crippen LogP contribution in [0.3, 0.4) is 0 Å². The van der Waals surface area contributed by atoms with Crippen molar-refractivity contribution in [3.63, 3.8) is 0 Å². The molecule has 2 atom stereocenters. The van der Waals surface area contributed by atoms with Gasteiger partial charge >= 0.3 is 6.09 Å². The van der Waals surface area contributed by atoms with E-state index in [1.807, 2.05) is 62.9 Å². The van der Waals surface area contributed by atoms with Crippen LogP contribution in [-0.4, -0.2) is 73.8 Å². The maximum atomic E-state index is 12.8. The molecule has 0 radical (unpaired) electrons. The van der Waals surface area contributed by atoms with Crippen LogP contribution in [0.15, 0.2) is 47.2 Å². The fourth-order valence-electron chi connectivity index (χ4n) is 6.20. The van der Waals surface area contributed by atoms with Gasteiger partial charge in [-0.15, -0.1) is 0 Å². The highest BCUT2D eigenvalue weighted by atomic mass is 16.6. The van der Waals surface area contributed by atoms with Crippen molar-refractivity contribution in [2.24, 2.45) is 5.41 Å². The molecule has 0 saturated carbocycles. The summed E-state index contributed by atoms with van der Waals surface area (Å²) in [6.45, 7) is 15.2. The zero-order valence-electron chi connectivity index (χ0n) is 26.3. The van der Waals surface area contributed by atoms with Crippen LogP contribution >= 0.6 is 0 Å². The number of nitrogens with zero attached hydrogens (tertiary/aromatic N) is 5. The fourth-order valence-corrected chi connectivity index (χ4v) is 6.20. The van der Waals surface area contributed by atoms with Gasteiger partial charge in [-0.2, -0.15) is 4.98 Å². The van der Waals surface area contributed by atoms with Crippen molar-refractivity contribution in [1.29, 1.82) is 0 Å². The fraction of sp³-hybridized carbons (Fsp3) is 0.545. The first-order valence-electron chi connectivity index (χ1n) is 15.1. The molecule has 5 rings (SSSR count). The molecule has 2 saturated heterocycles. The maximum absolute atomic E-state index is 12.8. The number of aliphatic hydroxyl groups is 1. The highest BCUT2D eigenvalue weighted by Gasteiger charge is 2.58. The van der Waals surface area contributed by atoms with Gasteiger partial charge in [0.05, 0.1) is 5.92 Å². The molecule has 0 aliphatic carbocycles. The lowest BCUT2D eigenvalue weighted by Gasteiger charge is -2.56. The summed E-state index contributed by atoms with van der Waals surface area (Å²) in [5, 5.41) is 17.0. The number of amides is 2. The van der Waals surface area contributed by atoms with Crippen LogP contribution in [0.2, 0.25) is 0 Å². The summed E-state index contributed by atoms with van der Waals surface area (Å²) in [7, 11) is 0. The van der Waals surface area contributed by atoms with Crippen LogP contribution < -0.4 is 0 Å². The van der Waals surface area contributed by atoms with E-state index in [0.717, 1.165) is 24.9 Å². The number of ether oxygens (including phenoxy) is 1. The Hall–Kier alpha value is -3.79. The van der Waals surface area contributed by atoms with Gasteiger partial charge in [0.25, 0.3) is 0 Å². The van der Waals surface area contributed by atoms with E-state index in [4.69, 9.17) is 9.26 Å². The quantitative estimate of drug-likeness (QED) is 0.402. The molecule has 2 amide bonds. The lowest BCUT2D eigenvalue weighted by molar-refractivity contribution is -0.131. The summed E-state index contributed by atoms with van der Waals surface area (Å²) in [6, 6.07) is 9.84. The molecule has 230 valence electrons. The topological polar surface area (TPSA) is 122 Å². The van der Waals surface area contributed by atoms with Crippen LogP contribution in [-0.2, 0) is 15.1 Å². The number of carbonyl (C=O) groups excluding carboxylic acids is 2. The minimum absolute atomic E-state index is 0.0285. The molecular formula is C33H43N5O5. The number of hydrogen-bond acceptors (Lipinski definition) is 8. The number of rotatable bonds is 6. The van der Waals surface area contributed by atoms with Gasteiger partial charge in [-0.1, -0.05) is 50.2 Å². The normalized spacial score (nSPS) is 20.0. The molecule has 1 N–H and O–H groups in total. The highest BCUT2D eigenvalue weighted by molar-refractivity contribution is 5.73. The van der Waals surface area contributed by atoms with E-state index in [1.165, 1.54) is 0 Å². The molecule has 0 spiro atoms. The second kappa shape index (κ2) is 11.4. The van der Waals surface area contributed by atoms with Crippen LogP contribution in [0.25, 0.3) is 11.4 Å². The minimum Gasteiger partial charge on any atom is -0.444 e. The first-order valence-corrected chi connectivity index (χ1v) is 15.1. The molecular weight excluding hydrogens is 546 g/mol. The molecule has 2 aromatic heterocycles. The van der Waals surface area contributed by atoms with Gasteiger partial charge in [0.15, 0.2) is 0 Å². The lowest BCUT2D eigenvalue weighted by atomic mass is 9.62. The van der Waals surface area contributed by atoms with E-state index in [2.05, 4.69) is 29.0 Å². The van der Waals surface area contributed by atoms with E-state index in [1.54, 1.807) is 24.2 Å². The van der Waals surface area contributed by atoms with Gasteiger partial charge in [0.2, 0.25) is 17.6 Å². The summed E-state index contributed by atoms with van der Waals surface area (Å²) >= 11 is 0. The van der Waals surface area contributed by atoms with E-state index in [9.17, 15) is 14.7 Å². The summed E-state index contributed by atoms with van der Waals surface area (Å²) in [6.07, 6.45) is 4.65. The van der Waals surface area contributed by atoms with Gasteiger partial charge in [0, 0.05) is 62.0 Å². The third kappa shape index (κ3) is 6.02. The molecule has 2 aliphatic heterocycles. The van der Waals surface area contributed by atoms with E-state index >= 15 is 0 Å². The first kappa shape index (κ1) is 30.7. The lowest BCUT2D eigenvalue weighted by Crippen LogP contribution is -2.66. The molecule has 0 bridgehead atoms. The highest BCUT2D eigenvalue weighted by Crippen LogP contribution is 2.51. The average molecular weight is 590 g/mol. The van der Waals surface area contributed by atoms with Crippen molar-refractivity contribution in [3.8, 4) is 11.4 Å². The van der Waals surface area contributed by atoms with E-state index in [0.29, 0.717) is 54.0 Å². The molecule has 43 heavy (non-hydrogen) atoms. The summed E-state index contributed by atoms with van der Waals surface area (Å²) in [5.74, 6) is 1.21. The molecule has 10 nitrogen and oxygen atoms in total. The van der Waals surface area contributed by atoms with Crippen LogP contribution in [0.1, 0.15) is 95.7 Å². The van der Waals surface area contributed by atoms with Crippen molar-refractivity contribution >= 4 is 12.0 Å². The van der Waals surface area contributed by atoms with Crippen LogP contribution in [0.4, 0.5) is 4.79 Å². The van der Waals surface area contributed by atoms with Gasteiger partial charge in [-0.25, -0.2) is 4.79 Å². The number of likely N-dealkylation sites (tertiary alicyclic amines) is 2.